The Morgan fingerprint density at radius 1 is 1.50 bits per heavy atom. The van der Waals surface area contributed by atoms with E-state index < -0.39 is 0 Å². The Hall–Kier alpha value is -1.25. The van der Waals surface area contributed by atoms with E-state index in [2.05, 4.69) is 23.7 Å². The highest BCUT2D eigenvalue weighted by Crippen LogP contribution is 2.34. The number of nitrogens with zero attached hydrogens (tertiary/aromatic N) is 2. The third-order valence-electron chi connectivity index (χ3n) is 2.34. The van der Waals surface area contributed by atoms with Gasteiger partial charge in [-0.05, 0) is 32.4 Å². The van der Waals surface area contributed by atoms with E-state index in [1.807, 2.05) is 26.2 Å². The smallest absolute Gasteiger partial charge is 0.171 e. The molecule has 1 aromatic rings. The van der Waals surface area contributed by atoms with E-state index in [1.54, 1.807) is 0 Å². The molecule has 76 valence electrons. The van der Waals surface area contributed by atoms with Crippen molar-refractivity contribution in [2.24, 2.45) is 0 Å². The number of aryl methyl sites for hydroxylation is 1. The maximum Gasteiger partial charge on any atom is 0.171 e. The average molecular weight is 192 g/mol. The summed E-state index contributed by atoms with van der Waals surface area (Å²) in [6.07, 6.45) is 1.87. The third-order valence-corrected chi connectivity index (χ3v) is 2.34. The zero-order valence-electron chi connectivity index (χ0n) is 9.16. The molecule has 0 N–H and O–H groups in total. The third kappa shape index (κ3) is 1.54. The number of hydrogen-bond donors (Lipinski definition) is 0. The van der Waals surface area contributed by atoms with Crippen molar-refractivity contribution in [1.82, 2.24) is 4.98 Å². The number of likely N-dealkylation sites (N-methyl/N-ethyl adjacent to an activating group) is 1. The van der Waals surface area contributed by atoms with Crippen LogP contribution in [0, 0.1) is 6.92 Å². The van der Waals surface area contributed by atoms with Crippen molar-refractivity contribution in [2.75, 3.05) is 18.5 Å². The Morgan fingerprint density at radius 3 is 2.93 bits per heavy atom. The summed E-state index contributed by atoms with van der Waals surface area (Å²) in [4.78, 5) is 6.50. The summed E-state index contributed by atoms with van der Waals surface area (Å²) in [6, 6.07) is 2.04. The summed E-state index contributed by atoms with van der Waals surface area (Å²) in [5.41, 5.74) is 1.01. The van der Waals surface area contributed by atoms with Crippen molar-refractivity contribution in [1.29, 1.82) is 0 Å². The van der Waals surface area contributed by atoms with Crippen molar-refractivity contribution in [2.45, 2.75) is 26.4 Å². The second-order valence-corrected chi connectivity index (χ2v) is 4.55. The van der Waals surface area contributed by atoms with E-state index in [1.165, 1.54) is 0 Å². The van der Waals surface area contributed by atoms with Gasteiger partial charge in [0.15, 0.2) is 11.6 Å². The lowest BCUT2D eigenvalue weighted by Crippen LogP contribution is -2.45. The quantitative estimate of drug-likeness (QED) is 0.628. The normalized spacial score (nSPS) is 18.7. The molecule has 0 aromatic carbocycles. The molecule has 14 heavy (non-hydrogen) atoms. The first kappa shape index (κ1) is 9.31. The van der Waals surface area contributed by atoms with Gasteiger partial charge in [0.25, 0.3) is 0 Å². The van der Waals surface area contributed by atoms with Gasteiger partial charge in [-0.25, -0.2) is 4.98 Å². The molecule has 0 unspecified atom stereocenters. The van der Waals surface area contributed by atoms with Gasteiger partial charge in [-0.3, -0.25) is 0 Å². The summed E-state index contributed by atoms with van der Waals surface area (Å²) >= 11 is 0. The minimum absolute atomic E-state index is 0.128. The number of aromatic nitrogens is 1. The first-order valence-corrected chi connectivity index (χ1v) is 4.85. The largest absolute Gasteiger partial charge is 0.482 e. The van der Waals surface area contributed by atoms with Crippen LogP contribution in [-0.2, 0) is 0 Å². The minimum atomic E-state index is -0.128. The molecule has 0 atom stereocenters. The highest BCUT2D eigenvalue weighted by molar-refractivity contribution is 5.55. The molecule has 3 nitrogen and oxygen atoms in total. The van der Waals surface area contributed by atoms with Crippen molar-refractivity contribution in [3.63, 3.8) is 0 Å². The summed E-state index contributed by atoms with van der Waals surface area (Å²) < 4.78 is 5.87. The fraction of sp³-hybridized carbons (Fsp3) is 0.545. The van der Waals surface area contributed by atoms with Crippen LogP contribution in [0.15, 0.2) is 12.3 Å². The van der Waals surface area contributed by atoms with Crippen LogP contribution in [0.3, 0.4) is 0 Å². The van der Waals surface area contributed by atoms with Gasteiger partial charge in [0, 0.05) is 13.2 Å². The van der Waals surface area contributed by atoms with Gasteiger partial charge in [-0.2, -0.15) is 0 Å². The van der Waals surface area contributed by atoms with Gasteiger partial charge in [0.2, 0.25) is 0 Å². The van der Waals surface area contributed by atoms with E-state index in [9.17, 15) is 0 Å². The molecule has 0 fully saturated rings. The highest BCUT2D eigenvalue weighted by Gasteiger charge is 2.30. The van der Waals surface area contributed by atoms with E-state index in [4.69, 9.17) is 4.74 Å². The molecule has 1 aromatic heterocycles. The number of anilines is 1. The minimum Gasteiger partial charge on any atom is -0.482 e. The first-order chi connectivity index (χ1) is 6.48. The van der Waals surface area contributed by atoms with Crippen molar-refractivity contribution in [3.8, 4) is 5.75 Å². The van der Waals surface area contributed by atoms with Crippen LogP contribution in [0.1, 0.15) is 19.4 Å². The van der Waals surface area contributed by atoms with Crippen molar-refractivity contribution in [3.05, 3.63) is 17.8 Å². The van der Waals surface area contributed by atoms with Crippen LogP contribution in [-0.4, -0.2) is 24.2 Å². The van der Waals surface area contributed by atoms with Crippen LogP contribution >= 0.6 is 0 Å². The molecule has 2 heterocycles. The van der Waals surface area contributed by atoms with Crippen LogP contribution < -0.4 is 9.64 Å². The van der Waals surface area contributed by atoms with Gasteiger partial charge in [-0.1, -0.05) is 0 Å². The SMILES string of the molecule is Cc1cnc2c(c1)OC(C)(C)CN2C. The monoisotopic (exact) mass is 192 g/mol. The molecule has 0 aliphatic carbocycles. The zero-order chi connectivity index (χ0) is 10.3. The van der Waals surface area contributed by atoms with Crippen LogP contribution in [0.2, 0.25) is 0 Å². The second-order valence-electron chi connectivity index (χ2n) is 4.55. The summed E-state index contributed by atoms with van der Waals surface area (Å²) in [6.45, 7) is 7.08. The van der Waals surface area contributed by atoms with E-state index >= 15 is 0 Å². The maximum atomic E-state index is 5.87. The molecule has 1 aliphatic heterocycles. The lowest BCUT2D eigenvalue weighted by atomic mass is 10.1. The van der Waals surface area contributed by atoms with Gasteiger partial charge >= 0.3 is 0 Å². The summed E-state index contributed by atoms with van der Waals surface area (Å²) in [5, 5.41) is 0. The standard InChI is InChI=1S/C11H16N2O/c1-8-5-9-10(12-6-8)13(4)7-11(2,3)14-9/h5-6H,7H2,1-4H3. The predicted molar refractivity (Wildman–Crippen MR) is 57.0 cm³/mol. The Labute approximate surface area is 84.7 Å². The molecule has 0 saturated heterocycles. The number of fused-ring (bicyclic) bond motifs is 1. The Balaban J connectivity index is 2.46. The molecule has 0 saturated carbocycles. The molecule has 2 rings (SSSR count). The van der Waals surface area contributed by atoms with Gasteiger partial charge in [-0.15, -0.1) is 0 Å². The molecular weight excluding hydrogens is 176 g/mol. The summed E-state index contributed by atoms with van der Waals surface area (Å²) in [7, 11) is 2.05. The lowest BCUT2D eigenvalue weighted by molar-refractivity contribution is 0.106. The molecule has 3 heteroatoms. The Bertz CT molecular complexity index is 360. The number of rotatable bonds is 0. The molecule has 0 amide bonds. The maximum absolute atomic E-state index is 5.87. The van der Waals surface area contributed by atoms with Gasteiger partial charge < -0.3 is 9.64 Å². The Kier molecular flexibility index (Phi) is 1.91. The molecule has 0 spiro atoms. The van der Waals surface area contributed by atoms with Crippen LogP contribution in [0.25, 0.3) is 0 Å². The van der Waals surface area contributed by atoms with Crippen molar-refractivity contribution >= 4 is 5.82 Å². The fourth-order valence-electron chi connectivity index (χ4n) is 1.87. The Morgan fingerprint density at radius 2 is 2.21 bits per heavy atom. The van der Waals surface area contributed by atoms with Crippen molar-refractivity contribution < 1.29 is 4.74 Å². The fourth-order valence-corrected chi connectivity index (χ4v) is 1.87. The molecule has 0 bridgehead atoms. The molecular formula is C11H16N2O. The topological polar surface area (TPSA) is 25.4 Å². The average Bonchev–Trinajstić information content (AvgIpc) is 2.00. The zero-order valence-corrected chi connectivity index (χ0v) is 9.16. The molecule has 1 aliphatic rings. The second kappa shape index (κ2) is 2.87. The predicted octanol–water partition coefficient (Wildman–Crippen LogP) is 2.00. The van der Waals surface area contributed by atoms with Crippen LogP contribution in [0.4, 0.5) is 5.82 Å². The van der Waals surface area contributed by atoms with E-state index in [0.717, 1.165) is 23.7 Å². The van der Waals surface area contributed by atoms with Gasteiger partial charge in [0.1, 0.15) is 5.60 Å². The first-order valence-electron chi connectivity index (χ1n) is 4.85. The number of pyridine rings is 1. The van der Waals surface area contributed by atoms with Gasteiger partial charge in [0.05, 0.1) is 6.54 Å². The number of ether oxygens (including phenoxy) is 1. The van der Waals surface area contributed by atoms with E-state index in [0.29, 0.717) is 0 Å². The van der Waals surface area contributed by atoms with E-state index in [-0.39, 0.29) is 5.60 Å². The lowest BCUT2D eigenvalue weighted by Gasteiger charge is -2.38. The highest BCUT2D eigenvalue weighted by atomic mass is 16.5. The number of hydrogen-bond acceptors (Lipinski definition) is 3. The molecule has 0 radical (unpaired) electrons. The summed E-state index contributed by atoms with van der Waals surface area (Å²) in [5.74, 6) is 1.83. The van der Waals surface area contributed by atoms with Crippen LogP contribution in [0.5, 0.6) is 5.75 Å².